The van der Waals surface area contributed by atoms with Crippen molar-refractivity contribution in [3.8, 4) is 0 Å². The van der Waals surface area contributed by atoms with Crippen LogP contribution in [-0.2, 0) is 19.5 Å². The van der Waals surface area contributed by atoms with Crippen molar-refractivity contribution in [1.29, 1.82) is 0 Å². The number of hydrogen-bond acceptors (Lipinski definition) is 6. The summed E-state index contributed by atoms with van der Waals surface area (Å²) < 4.78 is 37.2. The predicted octanol–water partition coefficient (Wildman–Crippen LogP) is 0.692. The molecule has 0 amide bonds. The van der Waals surface area contributed by atoms with Crippen LogP contribution in [0.1, 0.15) is 11.6 Å². The van der Waals surface area contributed by atoms with Crippen LogP contribution >= 0.6 is 0 Å². The van der Waals surface area contributed by atoms with Gasteiger partial charge < -0.3 is 14.4 Å². The van der Waals surface area contributed by atoms with Gasteiger partial charge in [0.1, 0.15) is 0 Å². The Kier molecular flexibility index (Phi) is 7.64. The first-order valence-electron chi connectivity index (χ1n) is 8.48. The molecule has 1 aliphatic rings. The molecule has 8 heteroatoms. The van der Waals surface area contributed by atoms with Crippen LogP contribution in [-0.4, -0.2) is 79.7 Å². The minimum atomic E-state index is -3.35. The summed E-state index contributed by atoms with van der Waals surface area (Å²) in [5.74, 6) is -0.0289. The van der Waals surface area contributed by atoms with Crippen molar-refractivity contribution < 1.29 is 17.9 Å². The van der Waals surface area contributed by atoms with Crippen LogP contribution in [0.15, 0.2) is 24.3 Å². The van der Waals surface area contributed by atoms with Crippen LogP contribution in [0.5, 0.6) is 0 Å². The molecule has 0 spiro atoms. The molecule has 1 unspecified atom stereocenters. The molecule has 0 aliphatic carbocycles. The van der Waals surface area contributed by atoms with E-state index in [1.807, 2.05) is 19.0 Å². The Bertz CT molecular complexity index is 613. The molecule has 7 nitrogen and oxygen atoms in total. The number of benzene rings is 1. The zero-order chi connectivity index (χ0) is 18.3. The van der Waals surface area contributed by atoms with Gasteiger partial charge in [-0.05, 0) is 17.7 Å². The second-order valence-corrected chi connectivity index (χ2v) is 8.24. The SMILES string of the molecule is COCCS(=O)(=O)NCC(c1ccc(N(C)C)cc1)N1CCOCC1. The van der Waals surface area contributed by atoms with Crippen molar-refractivity contribution >= 4 is 15.7 Å². The Morgan fingerprint density at radius 1 is 1.24 bits per heavy atom. The third-order valence-electron chi connectivity index (χ3n) is 4.33. The quantitative estimate of drug-likeness (QED) is 0.689. The third kappa shape index (κ3) is 6.23. The summed E-state index contributed by atoms with van der Waals surface area (Å²) in [7, 11) is 2.15. The van der Waals surface area contributed by atoms with Crippen LogP contribution < -0.4 is 9.62 Å². The van der Waals surface area contributed by atoms with E-state index in [0.717, 1.165) is 24.3 Å². The van der Waals surface area contributed by atoms with Crippen LogP contribution in [0.3, 0.4) is 0 Å². The molecule has 0 radical (unpaired) electrons. The molecule has 0 saturated carbocycles. The molecule has 2 rings (SSSR count). The summed E-state index contributed by atoms with van der Waals surface area (Å²) in [6.07, 6.45) is 0. The van der Waals surface area contributed by atoms with E-state index in [-0.39, 0.29) is 18.4 Å². The van der Waals surface area contributed by atoms with Gasteiger partial charge >= 0.3 is 0 Å². The van der Waals surface area contributed by atoms with Crippen LogP contribution in [0.2, 0.25) is 0 Å². The second-order valence-electron chi connectivity index (χ2n) is 6.31. The van der Waals surface area contributed by atoms with E-state index in [0.29, 0.717) is 19.8 Å². The molecule has 25 heavy (non-hydrogen) atoms. The van der Waals surface area contributed by atoms with Gasteiger partial charge in [-0.3, -0.25) is 4.90 Å². The lowest BCUT2D eigenvalue weighted by Crippen LogP contribution is -2.44. The van der Waals surface area contributed by atoms with Gasteiger partial charge in [-0.2, -0.15) is 0 Å². The largest absolute Gasteiger partial charge is 0.384 e. The van der Waals surface area contributed by atoms with Crippen LogP contribution in [0.25, 0.3) is 0 Å². The maximum atomic E-state index is 12.1. The highest BCUT2D eigenvalue weighted by molar-refractivity contribution is 7.89. The first kappa shape index (κ1) is 20.1. The fourth-order valence-corrected chi connectivity index (χ4v) is 3.75. The smallest absolute Gasteiger partial charge is 0.213 e. The fraction of sp³-hybridized carbons (Fsp3) is 0.647. The Labute approximate surface area is 150 Å². The molecule has 0 bridgehead atoms. The number of ether oxygens (including phenoxy) is 2. The number of anilines is 1. The van der Waals surface area contributed by atoms with E-state index in [4.69, 9.17) is 9.47 Å². The predicted molar refractivity (Wildman–Crippen MR) is 99.6 cm³/mol. The van der Waals surface area contributed by atoms with Crippen molar-refractivity contribution in [1.82, 2.24) is 9.62 Å². The Hall–Kier alpha value is -1.19. The topological polar surface area (TPSA) is 71.1 Å². The molecule has 1 fully saturated rings. The average molecular weight is 372 g/mol. The Morgan fingerprint density at radius 2 is 1.88 bits per heavy atom. The lowest BCUT2D eigenvalue weighted by Gasteiger charge is -2.35. The zero-order valence-corrected chi connectivity index (χ0v) is 16.1. The van der Waals surface area contributed by atoms with E-state index < -0.39 is 10.0 Å². The molecule has 1 heterocycles. The number of hydrogen-bond donors (Lipinski definition) is 1. The molecule has 142 valence electrons. The molecule has 1 N–H and O–H groups in total. The maximum absolute atomic E-state index is 12.1. The summed E-state index contributed by atoms with van der Waals surface area (Å²) in [5, 5.41) is 0. The lowest BCUT2D eigenvalue weighted by molar-refractivity contribution is 0.0172. The minimum absolute atomic E-state index is 0.0163. The monoisotopic (exact) mass is 371 g/mol. The zero-order valence-electron chi connectivity index (χ0n) is 15.3. The summed E-state index contributed by atoms with van der Waals surface area (Å²) in [6, 6.07) is 8.24. The third-order valence-corrected chi connectivity index (χ3v) is 5.64. The molecule has 1 aromatic rings. The van der Waals surface area contributed by atoms with Crippen molar-refractivity contribution in [2.45, 2.75) is 6.04 Å². The standard InChI is InChI=1S/C17H29N3O4S/c1-19(2)16-6-4-15(5-7-16)17(20-8-10-24-11-9-20)14-18-25(21,22)13-12-23-3/h4-7,17-18H,8-14H2,1-3H3. The Balaban J connectivity index is 2.12. The summed E-state index contributed by atoms with van der Waals surface area (Å²) in [4.78, 5) is 4.31. The molecule has 1 aliphatic heterocycles. The molecular weight excluding hydrogens is 342 g/mol. The average Bonchev–Trinajstić information content (AvgIpc) is 2.61. The summed E-state index contributed by atoms with van der Waals surface area (Å²) in [5.41, 5.74) is 2.21. The van der Waals surface area contributed by atoms with Gasteiger partial charge in [0.25, 0.3) is 0 Å². The van der Waals surface area contributed by atoms with E-state index in [1.165, 1.54) is 7.11 Å². The van der Waals surface area contributed by atoms with Gasteiger partial charge in [-0.25, -0.2) is 13.1 Å². The van der Waals surface area contributed by atoms with Gasteiger partial charge in [0.15, 0.2) is 0 Å². The van der Waals surface area contributed by atoms with Crippen LogP contribution in [0, 0.1) is 0 Å². The van der Waals surface area contributed by atoms with E-state index in [1.54, 1.807) is 0 Å². The molecule has 1 atom stereocenters. The summed E-state index contributed by atoms with van der Waals surface area (Å²) >= 11 is 0. The second kappa shape index (κ2) is 9.49. The van der Waals surface area contributed by atoms with Crippen molar-refractivity contribution in [2.24, 2.45) is 0 Å². The van der Waals surface area contributed by atoms with E-state index >= 15 is 0 Å². The van der Waals surface area contributed by atoms with Crippen molar-refractivity contribution in [3.63, 3.8) is 0 Å². The first-order valence-corrected chi connectivity index (χ1v) is 10.1. The molecule has 1 aromatic carbocycles. The number of rotatable bonds is 9. The maximum Gasteiger partial charge on any atom is 0.213 e. The molecule has 0 aromatic heterocycles. The normalized spacial score (nSPS) is 17.4. The summed E-state index contributed by atoms with van der Waals surface area (Å²) in [6.45, 7) is 3.45. The van der Waals surface area contributed by atoms with E-state index in [9.17, 15) is 8.42 Å². The number of morpholine rings is 1. The lowest BCUT2D eigenvalue weighted by atomic mass is 10.0. The minimum Gasteiger partial charge on any atom is -0.384 e. The first-order chi connectivity index (χ1) is 11.9. The van der Waals surface area contributed by atoms with E-state index in [2.05, 4.69) is 33.9 Å². The number of nitrogens with one attached hydrogen (secondary N) is 1. The van der Waals surface area contributed by atoms with Gasteiger partial charge in [-0.15, -0.1) is 0 Å². The number of sulfonamides is 1. The van der Waals surface area contributed by atoms with Gasteiger partial charge in [-0.1, -0.05) is 12.1 Å². The van der Waals surface area contributed by atoms with Crippen molar-refractivity contribution in [2.75, 3.05) is 71.3 Å². The van der Waals surface area contributed by atoms with Crippen molar-refractivity contribution in [3.05, 3.63) is 29.8 Å². The highest BCUT2D eigenvalue weighted by atomic mass is 32.2. The van der Waals surface area contributed by atoms with Gasteiger partial charge in [0.2, 0.25) is 10.0 Å². The highest BCUT2D eigenvalue weighted by Gasteiger charge is 2.24. The highest BCUT2D eigenvalue weighted by Crippen LogP contribution is 2.24. The number of nitrogens with zero attached hydrogens (tertiary/aromatic N) is 2. The Morgan fingerprint density at radius 3 is 2.44 bits per heavy atom. The molecule has 1 saturated heterocycles. The number of methoxy groups -OCH3 is 1. The fourth-order valence-electron chi connectivity index (χ4n) is 2.81. The molecular formula is C17H29N3O4S. The van der Waals surface area contributed by atoms with Gasteiger partial charge in [0.05, 0.1) is 25.6 Å². The van der Waals surface area contributed by atoms with Crippen LogP contribution in [0.4, 0.5) is 5.69 Å². The van der Waals surface area contributed by atoms with Gasteiger partial charge in [0, 0.05) is 52.6 Å².